The van der Waals surface area contributed by atoms with Crippen LogP contribution in [0.2, 0.25) is 0 Å². The Hall–Kier alpha value is -2.64. The quantitative estimate of drug-likeness (QED) is 0.657. The zero-order chi connectivity index (χ0) is 19.3. The minimum Gasteiger partial charge on any atom is -0.464 e. The molecule has 3 heterocycles. The monoisotopic (exact) mass is 381 g/mol. The summed E-state index contributed by atoms with van der Waals surface area (Å²) in [6.45, 7) is 8.74. The van der Waals surface area contributed by atoms with Gasteiger partial charge in [0.15, 0.2) is 5.82 Å². The van der Waals surface area contributed by atoms with Crippen molar-refractivity contribution in [2.75, 3.05) is 44.6 Å². The number of nitrogens with one attached hydrogen (secondary N) is 2. The zero-order valence-electron chi connectivity index (χ0n) is 16.3. The summed E-state index contributed by atoms with van der Waals surface area (Å²) in [5, 5.41) is 11.1. The van der Waals surface area contributed by atoms with Gasteiger partial charge in [-0.15, -0.1) is 0 Å². The predicted octanol–water partition coefficient (Wildman–Crippen LogP) is 3.18. The van der Waals surface area contributed by atoms with Crippen molar-refractivity contribution >= 4 is 22.6 Å². The van der Waals surface area contributed by atoms with Gasteiger partial charge in [0.1, 0.15) is 5.76 Å². The first kappa shape index (κ1) is 18.7. The predicted molar refractivity (Wildman–Crippen MR) is 110 cm³/mol. The highest BCUT2D eigenvalue weighted by Gasteiger charge is 2.16. The van der Waals surface area contributed by atoms with E-state index < -0.39 is 0 Å². The highest BCUT2D eigenvalue weighted by Crippen LogP contribution is 2.27. The number of aromatic amines is 1. The summed E-state index contributed by atoms with van der Waals surface area (Å²) < 4.78 is 5.44. The standard InChI is InChI=1S/C21H27N5O2/c1-2-25-10-12-26(13-11-25)9-3-6-20(27)22-21-17-8-7-16(15-18(17)23-24-21)19-5-4-14-28-19/h4-5,7-8,14-15H,2-3,6,9-13H2,1H3,(H2,22,23,24,27). The van der Waals surface area contributed by atoms with E-state index in [1.165, 1.54) is 0 Å². The Labute approximate surface area is 164 Å². The fourth-order valence-electron chi connectivity index (χ4n) is 3.70. The molecule has 0 aliphatic carbocycles. The fourth-order valence-corrected chi connectivity index (χ4v) is 3.70. The number of aromatic nitrogens is 2. The minimum absolute atomic E-state index is 0.00991. The van der Waals surface area contributed by atoms with E-state index in [1.807, 2.05) is 30.3 Å². The Kier molecular flexibility index (Phi) is 5.73. The number of hydrogen-bond donors (Lipinski definition) is 2. The number of rotatable bonds is 7. The van der Waals surface area contributed by atoms with Crippen LogP contribution < -0.4 is 5.32 Å². The number of carbonyl (C=O) groups is 1. The number of H-pyrrole nitrogens is 1. The molecule has 2 N–H and O–H groups in total. The van der Waals surface area contributed by atoms with Crippen LogP contribution in [0.4, 0.5) is 5.82 Å². The van der Waals surface area contributed by atoms with Gasteiger partial charge in [0.2, 0.25) is 5.91 Å². The van der Waals surface area contributed by atoms with Crippen molar-refractivity contribution in [1.82, 2.24) is 20.0 Å². The van der Waals surface area contributed by atoms with Crippen LogP contribution >= 0.6 is 0 Å². The highest BCUT2D eigenvalue weighted by molar-refractivity contribution is 6.00. The molecule has 0 radical (unpaired) electrons. The third-order valence-electron chi connectivity index (χ3n) is 5.42. The van der Waals surface area contributed by atoms with E-state index >= 15 is 0 Å². The first-order valence-corrected chi connectivity index (χ1v) is 9.99. The average Bonchev–Trinajstić information content (AvgIpc) is 3.39. The van der Waals surface area contributed by atoms with Gasteiger partial charge in [-0.2, -0.15) is 5.10 Å². The van der Waals surface area contributed by atoms with Gasteiger partial charge in [-0.3, -0.25) is 9.89 Å². The lowest BCUT2D eigenvalue weighted by atomic mass is 10.1. The Morgan fingerprint density at radius 3 is 2.79 bits per heavy atom. The Morgan fingerprint density at radius 1 is 1.21 bits per heavy atom. The second-order valence-corrected chi connectivity index (χ2v) is 7.24. The van der Waals surface area contributed by atoms with Gasteiger partial charge < -0.3 is 19.5 Å². The summed E-state index contributed by atoms with van der Waals surface area (Å²) in [7, 11) is 0. The van der Waals surface area contributed by atoms with Crippen molar-refractivity contribution in [2.45, 2.75) is 19.8 Å². The van der Waals surface area contributed by atoms with Crippen LogP contribution in [0.25, 0.3) is 22.2 Å². The van der Waals surface area contributed by atoms with Gasteiger partial charge in [0.05, 0.1) is 11.8 Å². The molecular formula is C21H27N5O2. The van der Waals surface area contributed by atoms with Gasteiger partial charge in [-0.05, 0) is 43.8 Å². The topological polar surface area (TPSA) is 77.4 Å². The molecule has 0 bridgehead atoms. The van der Waals surface area contributed by atoms with Crippen LogP contribution in [0.3, 0.4) is 0 Å². The Morgan fingerprint density at radius 2 is 2.04 bits per heavy atom. The summed E-state index contributed by atoms with van der Waals surface area (Å²) in [4.78, 5) is 17.2. The lowest BCUT2D eigenvalue weighted by molar-refractivity contribution is -0.116. The number of benzene rings is 1. The van der Waals surface area contributed by atoms with Crippen LogP contribution in [0, 0.1) is 0 Å². The molecule has 148 valence electrons. The van der Waals surface area contributed by atoms with Crippen LogP contribution in [0.5, 0.6) is 0 Å². The molecule has 28 heavy (non-hydrogen) atoms. The molecule has 1 amide bonds. The van der Waals surface area contributed by atoms with E-state index in [2.05, 4.69) is 32.2 Å². The molecule has 2 aromatic heterocycles. The molecular weight excluding hydrogens is 354 g/mol. The van der Waals surface area contributed by atoms with Crippen molar-refractivity contribution in [3.63, 3.8) is 0 Å². The molecule has 7 nitrogen and oxygen atoms in total. The number of nitrogens with zero attached hydrogens (tertiary/aromatic N) is 3. The van der Waals surface area contributed by atoms with Crippen molar-refractivity contribution in [1.29, 1.82) is 0 Å². The van der Waals surface area contributed by atoms with E-state index in [0.717, 1.165) is 67.9 Å². The van der Waals surface area contributed by atoms with Crippen LogP contribution in [0.15, 0.2) is 41.0 Å². The second kappa shape index (κ2) is 8.58. The Balaban J connectivity index is 1.29. The molecule has 0 unspecified atom stereocenters. The molecule has 0 atom stereocenters. The summed E-state index contributed by atoms with van der Waals surface area (Å²) in [5.74, 6) is 1.40. The van der Waals surface area contributed by atoms with Crippen LogP contribution in [-0.2, 0) is 4.79 Å². The van der Waals surface area contributed by atoms with Gasteiger partial charge in [-0.1, -0.05) is 13.0 Å². The summed E-state index contributed by atoms with van der Waals surface area (Å²) in [6, 6.07) is 9.69. The number of fused-ring (bicyclic) bond motifs is 1. The lowest BCUT2D eigenvalue weighted by Gasteiger charge is -2.33. The molecule has 1 aliphatic rings. The number of carbonyl (C=O) groups excluding carboxylic acids is 1. The maximum absolute atomic E-state index is 12.3. The molecule has 0 saturated carbocycles. The highest BCUT2D eigenvalue weighted by atomic mass is 16.3. The minimum atomic E-state index is 0.00991. The van der Waals surface area contributed by atoms with Gasteiger partial charge >= 0.3 is 0 Å². The number of amides is 1. The normalized spacial score (nSPS) is 15.9. The third kappa shape index (κ3) is 4.26. The molecule has 3 aromatic rings. The van der Waals surface area contributed by atoms with E-state index in [9.17, 15) is 4.79 Å². The van der Waals surface area contributed by atoms with Gasteiger partial charge in [0, 0.05) is 43.5 Å². The summed E-state index contributed by atoms with van der Waals surface area (Å²) in [6.07, 6.45) is 3.03. The van der Waals surface area contributed by atoms with E-state index in [4.69, 9.17) is 4.42 Å². The molecule has 1 fully saturated rings. The molecule has 1 saturated heterocycles. The largest absolute Gasteiger partial charge is 0.464 e. The Bertz CT molecular complexity index is 910. The van der Waals surface area contributed by atoms with Crippen molar-refractivity contribution in [3.05, 3.63) is 36.6 Å². The second-order valence-electron chi connectivity index (χ2n) is 7.24. The van der Waals surface area contributed by atoms with Crippen molar-refractivity contribution in [3.8, 4) is 11.3 Å². The number of anilines is 1. The number of furan rings is 1. The van der Waals surface area contributed by atoms with Crippen LogP contribution in [0.1, 0.15) is 19.8 Å². The van der Waals surface area contributed by atoms with Gasteiger partial charge in [0.25, 0.3) is 0 Å². The fraction of sp³-hybridized carbons (Fsp3) is 0.429. The lowest BCUT2D eigenvalue weighted by Crippen LogP contribution is -2.46. The number of hydrogen-bond acceptors (Lipinski definition) is 5. The first-order valence-electron chi connectivity index (χ1n) is 9.99. The zero-order valence-corrected chi connectivity index (χ0v) is 16.3. The smallest absolute Gasteiger partial charge is 0.225 e. The van der Waals surface area contributed by atoms with E-state index in [0.29, 0.717) is 12.2 Å². The first-order chi connectivity index (χ1) is 13.7. The van der Waals surface area contributed by atoms with Gasteiger partial charge in [-0.25, -0.2) is 0 Å². The third-order valence-corrected chi connectivity index (χ3v) is 5.42. The SMILES string of the molecule is CCN1CCN(CCCC(=O)Nc2n[nH]c3cc(-c4ccco4)ccc23)CC1. The van der Waals surface area contributed by atoms with E-state index in [1.54, 1.807) is 6.26 Å². The maximum atomic E-state index is 12.3. The van der Waals surface area contributed by atoms with Crippen molar-refractivity contribution in [2.24, 2.45) is 0 Å². The summed E-state index contributed by atoms with van der Waals surface area (Å²) >= 11 is 0. The maximum Gasteiger partial charge on any atom is 0.225 e. The number of piperazine rings is 1. The van der Waals surface area contributed by atoms with E-state index in [-0.39, 0.29) is 5.91 Å². The van der Waals surface area contributed by atoms with Crippen LogP contribution in [-0.4, -0.2) is 65.2 Å². The molecule has 4 rings (SSSR count). The molecule has 1 aliphatic heterocycles. The molecule has 1 aromatic carbocycles. The molecule has 0 spiro atoms. The summed E-state index contributed by atoms with van der Waals surface area (Å²) in [5.41, 5.74) is 1.85. The average molecular weight is 381 g/mol. The number of likely N-dealkylation sites (N-methyl/N-ethyl adjacent to an activating group) is 1. The van der Waals surface area contributed by atoms with Crippen molar-refractivity contribution < 1.29 is 9.21 Å². The molecule has 7 heteroatoms.